The van der Waals surface area contributed by atoms with Crippen molar-refractivity contribution in [3.8, 4) is 0 Å². The molecular weight excluding hydrogens is 260 g/mol. The molecule has 1 aliphatic carbocycles. The van der Waals surface area contributed by atoms with E-state index in [0.29, 0.717) is 11.6 Å². The van der Waals surface area contributed by atoms with Crippen LogP contribution in [-0.2, 0) is 0 Å². The van der Waals surface area contributed by atoms with Crippen molar-refractivity contribution in [1.29, 1.82) is 0 Å². The first-order chi connectivity index (χ1) is 9.49. The standard InChI is InChI=1S/C14H18N2O4/c1-9-4-2-5-10(8-9)15-12-7-3-6-11(14(17)18)13(12)16(19)20/h3,6-7,9-10,15H,2,4-5,8H2,1H3,(H,17,18). The van der Waals surface area contributed by atoms with E-state index in [-0.39, 0.29) is 17.3 Å². The lowest BCUT2D eigenvalue weighted by Crippen LogP contribution is -2.26. The summed E-state index contributed by atoms with van der Waals surface area (Å²) < 4.78 is 0. The van der Waals surface area contributed by atoms with E-state index in [1.807, 2.05) is 0 Å². The van der Waals surface area contributed by atoms with E-state index in [9.17, 15) is 14.9 Å². The highest BCUT2D eigenvalue weighted by Gasteiger charge is 2.26. The zero-order valence-electron chi connectivity index (χ0n) is 11.3. The van der Waals surface area contributed by atoms with Crippen LogP contribution >= 0.6 is 0 Å². The van der Waals surface area contributed by atoms with Gasteiger partial charge in [0.05, 0.1) is 4.92 Å². The van der Waals surface area contributed by atoms with Gasteiger partial charge in [0.1, 0.15) is 11.3 Å². The van der Waals surface area contributed by atoms with Crippen molar-refractivity contribution in [3.63, 3.8) is 0 Å². The Morgan fingerprint density at radius 3 is 2.80 bits per heavy atom. The number of nitro groups is 1. The Labute approximate surface area is 117 Å². The van der Waals surface area contributed by atoms with Crippen LogP contribution in [0.1, 0.15) is 43.0 Å². The first-order valence-corrected chi connectivity index (χ1v) is 6.76. The maximum atomic E-state index is 11.2. The van der Waals surface area contributed by atoms with Crippen LogP contribution in [0.4, 0.5) is 11.4 Å². The second-order valence-electron chi connectivity index (χ2n) is 5.38. The van der Waals surface area contributed by atoms with E-state index in [1.54, 1.807) is 6.07 Å². The van der Waals surface area contributed by atoms with E-state index in [4.69, 9.17) is 5.11 Å². The Balaban J connectivity index is 2.29. The van der Waals surface area contributed by atoms with Crippen LogP contribution in [-0.4, -0.2) is 22.0 Å². The fraction of sp³-hybridized carbons (Fsp3) is 0.500. The number of carboxylic acid groups (broad SMARTS) is 1. The van der Waals surface area contributed by atoms with Gasteiger partial charge in [-0.05, 0) is 30.9 Å². The van der Waals surface area contributed by atoms with Crippen LogP contribution < -0.4 is 5.32 Å². The summed E-state index contributed by atoms with van der Waals surface area (Å²) in [5, 5.41) is 23.4. The molecule has 2 atom stereocenters. The SMILES string of the molecule is CC1CCCC(Nc2cccc(C(=O)O)c2[N+](=O)[O-])C1. The highest BCUT2D eigenvalue weighted by atomic mass is 16.6. The molecule has 2 rings (SSSR count). The van der Waals surface area contributed by atoms with Crippen molar-refractivity contribution in [3.05, 3.63) is 33.9 Å². The minimum absolute atomic E-state index is 0.168. The molecule has 1 saturated carbocycles. The average molecular weight is 278 g/mol. The van der Waals surface area contributed by atoms with E-state index in [1.165, 1.54) is 18.6 Å². The predicted molar refractivity (Wildman–Crippen MR) is 75.1 cm³/mol. The maximum absolute atomic E-state index is 11.2. The Hall–Kier alpha value is -2.11. The Bertz CT molecular complexity index is 530. The van der Waals surface area contributed by atoms with Crippen molar-refractivity contribution >= 4 is 17.3 Å². The molecule has 0 saturated heterocycles. The average Bonchev–Trinajstić information content (AvgIpc) is 2.38. The fourth-order valence-corrected chi connectivity index (χ4v) is 2.81. The van der Waals surface area contributed by atoms with Gasteiger partial charge in [0.15, 0.2) is 0 Å². The molecule has 1 aliphatic rings. The molecular formula is C14H18N2O4. The highest BCUT2D eigenvalue weighted by molar-refractivity contribution is 5.95. The van der Waals surface area contributed by atoms with Crippen LogP contribution in [0.2, 0.25) is 0 Å². The summed E-state index contributed by atoms with van der Waals surface area (Å²) in [6.07, 6.45) is 4.17. The smallest absolute Gasteiger partial charge is 0.342 e. The summed E-state index contributed by atoms with van der Waals surface area (Å²) in [5.74, 6) is -0.694. The third kappa shape index (κ3) is 3.07. The van der Waals surface area contributed by atoms with Gasteiger partial charge in [-0.1, -0.05) is 25.8 Å². The molecule has 0 spiro atoms. The second kappa shape index (κ2) is 5.90. The molecule has 6 nitrogen and oxygen atoms in total. The van der Waals surface area contributed by atoms with Gasteiger partial charge >= 0.3 is 11.7 Å². The van der Waals surface area contributed by atoms with Gasteiger partial charge in [0.2, 0.25) is 0 Å². The normalized spacial score (nSPS) is 22.2. The zero-order chi connectivity index (χ0) is 14.7. The van der Waals surface area contributed by atoms with E-state index in [0.717, 1.165) is 19.3 Å². The van der Waals surface area contributed by atoms with Crippen LogP contribution in [0.3, 0.4) is 0 Å². The van der Waals surface area contributed by atoms with Gasteiger partial charge in [-0.3, -0.25) is 10.1 Å². The summed E-state index contributed by atoms with van der Waals surface area (Å²) in [6, 6.07) is 4.53. The van der Waals surface area contributed by atoms with E-state index >= 15 is 0 Å². The number of para-hydroxylation sites is 1. The molecule has 20 heavy (non-hydrogen) atoms. The third-order valence-corrected chi connectivity index (χ3v) is 3.75. The molecule has 0 bridgehead atoms. The Kier molecular flexibility index (Phi) is 4.22. The van der Waals surface area contributed by atoms with Crippen molar-refractivity contribution in [2.45, 2.75) is 38.6 Å². The number of rotatable bonds is 4. The van der Waals surface area contributed by atoms with Crippen molar-refractivity contribution in [2.24, 2.45) is 5.92 Å². The first-order valence-electron chi connectivity index (χ1n) is 6.76. The fourth-order valence-electron chi connectivity index (χ4n) is 2.81. The molecule has 2 N–H and O–H groups in total. The zero-order valence-corrected chi connectivity index (χ0v) is 11.3. The molecule has 1 aromatic rings. The quantitative estimate of drug-likeness (QED) is 0.651. The van der Waals surface area contributed by atoms with Gasteiger partial charge in [-0.25, -0.2) is 4.79 Å². The van der Waals surface area contributed by atoms with Gasteiger partial charge in [0.25, 0.3) is 0 Å². The number of carboxylic acids is 1. The number of nitrogens with zero attached hydrogens (tertiary/aromatic N) is 1. The summed E-state index contributed by atoms with van der Waals surface area (Å²) >= 11 is 0. The lowest BCUT2D eigenvalue weighted by molar-refractivity contribution is -0.384. The number of hydrogen-bond donors (Lipinski definition) is 2. The van der Waals surface area contributed by atoms with Gasteiger partial charge in [0, 0.05) is 6.04 Å². The van der Waals surface area contributed by atoms with Crippen molar-refractivity contribution in [1.82, 2.24) is 0 Å². The van der Waals surface area contributed by atoms with Crippen LogP contribution in [0.15, 0.2) is 18.2 Å². The molecule has 1 aromatic carbocycles. The first kappa shape index (κ1) is 14.3. The number of benzene rings is 1. The molecule has 1 fully saturated rings. The third-order valence-electron chi connectivity index (χ3n) is 3.75. The number of nitro benzene ring substituents is 1. The van der Waals surface area contributed by atoms with E-state index < -0.39 is 10.9 Å². The van der Waals surface area contributed by atoms with Crippen LogP contribution in [0.25, 0.3) is 0 Å². The molecule has 108 valence electrons. The van der Waals surface area contributed by atoms with Gasteiger partial charge in [-0.15, -0.1) is 0 Å². The number of anilines is 1. The topological polar surface area (TPSA) is 92.5 Å². The molecule has 6 heteroatoms. The minimum Gasteiger partial charge on any atom is -0.477 e. The molecule has 2 unspecified atom stereocenters. The highest BCUT2D eigenvalue weighted by Crippen LogP contribution is 2.32. The molecule has 0 radical (unpaired) electrons. The Morgan fingerprint density at radius 1 is 1.45 bits per heavy atom. The minimum atomic E-state index is -1.28. The largest absolute Gasteiger partial charge is 0.477 e. The van der Waals surface area contributed by atoms with Crippen molar-refractivity contribution < 1.29 is 14.8 Å². The molecule has 0 amide bonds. The van der Waals surface area contributed by atoms with Gasteiger partial charge in [-0.2, -0.15) is 0 Å². The molecule has 0 aromatic heterocycles. The number of carbonyl (C=O) groups is 1. The van der Waals surface area contributed by atoms with Crippen LogP contribution in [0.5, 0.6) is 0 Å². The summed E-state index contributed by atoms with van der Waals surface area (Å²) in [4.78, 5) is 21.6. The summed E-state index contributed by atoms with van der Waals surface area (Å²) in [6.45, 7) is 2.16. The number of nitrogens with one attached hydrogen (secondary N) is 1. The van der Waals surface area contributed by atoms with Crippen LogP contribution in [0, 0.1) is 16.0 Å². The molecule has 0 heterocycles. The number of hydrogen-bond acceptors (Lipinski definition) is 4. The number of aromatic carboxylic acids is 1. The summed E-state index contributed by atoms with van der Waals surface area (Å²) in [7, 11) is 0. The molecule has 0 aliphatic heterocycles. The lowest BCUT2D eigenvalue weighted by atomic mass is 9.87. The van der Waals surface area contributed by atoms with Gasteiger partial charge < -0.3 is 10.4 Å². The van der Waals surface area contributed by atoms with Crippen molar-refractivity contribution in [2.75, 3.05) is 5.32 Å². The maximum Gasteiger partial charge on any atom is 0.342 e. The summed E-state index contributed by atoms with van der Waals surface area (Å²) in [5.41, 5.74) is -0.323. The lowest BCUT2D eigenvalue weighted by Gasteiger charge is -2.28. The Morgan fingerprint density at radius 2 is 2.20 bits per heavy atom. The van der Waals surface area contributed by atoms with E-state index in [2.05, 4.69) is 12.2 Å². The second-order valence-corrected chi connectivity index (χ2v) is 5.38. The predicted octanol–water partition coefficient (Wildman–Crippen LogP) is 3.28. The monoisotopic (exact) mass is 278 g/mol.